The van der Waals surface area contributed by atoms with E-state index in [1.807, 2.05) is 42.5 Å². The second-order valence-corrected chi connectivity index (χ2v) is 5.69. The van der Waals surface area contributed by atoms with Crippen LogP contribution in [0, 0.1) is 0 Å². The Morgan fingerprint density at radius 2 is 1.84 bits per heavy atom. The van der Waals surface area contributed by atoms with Gasteiger partial charge >= 0.3 is 6.01 Å². The van der Waals surface area contributed by atoms with Gasteiger partial charge in [-0.2, -0.15) is 4.98 Å². The van der Waals surface area contributed by atoms with Crippen molar-refractivity contribution in [3.8, 4) is 17.1 Å². The van der Waals surface area contributed by atoms with Crippen LogP contribution in [0.1, 0.15) is 6.42 Å². The van der Waals surface area contributed by atoms with Gasteiger partial charge in [0, 0.05) is 31.4 Å². The van der Waals surface area contributed by atoms with Gasteiger partial charge < -0.3 is 19.5 Å². The normalized spacial score (nSPS) is 10.5. The summed E-state index contributed by atoms with van der Waals surface area (Å²) in [5.74, 6) is 1.36. The van der Waals surface area contributed by atoms with Gasteiger partial charge in [-0.3, -0.25) is 0 Å². The van der Waals surface area contributed by atoms with E-state index in [1.165, 1.54) is 5.69 Å². The smallest absolute Gasteiger partial charge is 0.321 e. The molecule has 0 aliphatic heterocycles. The Hall–Kier alpha value is -3.02. The molecule has 0 radical (unpaired) electrons. The second-order valence-electron chi connectivity index (χ2n) is 5.69. The van der Waals surface area contributed by atoms with Crippen molar-refractivity contribution < 1.29 is 9.26 Å². The average Bonchev–Trinajstić information content (AvgIpc) is 3.15. The van der Waals surface area contributed by atoms with E-state index in [2.05, 4.69) is 39.5 Å². The number of methoxy groups -OCH3 is 1. The maximum Gasteiger partial charge on any atom is 0.321 e. The van der Waals surface area contributed by atoms with Crippen LogP contribution in [0.5, 0.6) is 5.75 Å². The quantitative estimate of drug-likeness (QED) is 0.632. The van der Waals surface area contributed by atoms with Gasteiger partial charge in [-0.25, -0.2) is 0 Å². The first-order chi connectivity index (χ1) is 12.3. The van der Waals surface area contributed by atoms with Gasteiger partial charge in [-0.05, 0) is 42.8 Å². The minimum absolute atomic E-state index is 0.438. The molecule has 0 aliphatic carbocycles. The molecule has 0 atom stereocenters. The zero-order valence-electron chi connectivity index (χ0n) is 14.5. The topological polar surface area (TPSA) is 63.4 Å². The fraction of sp³-hybridized carbons (Fsp3) is 0.263. The van der Waals surface area contributed by atoms with Crippen molar-refractivity contribution in [3.05, 3.63) is 54.6 Å². The van der Waals surface area contributed by atoms with Crippen molar-refractivity contribution in [1.29, 1.82) is 0 Å². The van der Waals surface area contributed by atoms with Gasteiger partial charge in [-0.1, -0.05) is 23.4 Å². The highest BCUT2D eigenvalue weighted by Crippen LogP contribution is 2.20. The molecule has 1 heterocycles. The fourth-order valence-electron chi connectivity index (χ4n) is 2.48. The molecule has 6 heteroatoms. The van der Waals surface area contributed by atoms with Crippen LogP contribution in [0.3, 0.4) is 0 Å². The Balaban J connectivity index is 1.47. The van der Waals surface area contributed by atoms with Crippen LogP contribution in [0.2, 0.25) is 0 Å². The first-order valence-electron chi connectivity index (χ1n) is 8.24. The van der Waals surface area contributed by atoms with Crippen LogP contribution in [0.4, 0.5) is 11.7 Å². The van der Waals surface area contributed by atoms with Crippen molar-refractivity contribution in [2.75, 3.05) is 37.5 Å². The van der Waals surface area contributed by atoms with E-state index >= 15 is 0 Å². The second kappa shape index (κ2) is 8.19. The summed E-state index contributed by atoms with van der Waals surface area (Å²) >= 11 is 0. The lowest BCUT2D eigenvalue weighted by atomic mass is 10.2. The maximum absolute atomic E-state index is 5.25. The number of nitrogens with one attached hydrogen (secondary N) is 1. The number of aromatic nitrogens is 2. The summed E-state index contributed by atoms with van der Waals surface area (Å²) < 4.78 is 10.4. The summed E-state index contributed by atoms with van der Waals surface area (Å²) in [7, 11) is 3.73. The highest BCUT2D eigenvalue weighted by atomic mass is 16.5. The van der Waals surface area contributed by atoms with Crippen LogP contribution in [-0.2, 0) is 0 Å². The summed E-state index contributed by atoms with van der Waals surface area (Å²) in [6, 6.07) is 18.3. The third-order valence-corrected chi connectivity index (χ3v) is 3.92. The molecule has 0 aliphatic rings. The van der Waals surface area contributed by atoms with E-state index in [4.69, 9.17) is 9.26 Å². The summed E-state index contributed by atoms with van der Waals surface area (Å²) in [6.45, 7) is 1.71. The Morgan fingerprint density at radius 1 is 1.08 bits per heavy atom. The SMILES string of the molecule is COc1ccc(-c2noc(NCCCN(C)c3ccccc3)n2)cc1. The van der Waals surface area contributed by atoms with E-state index in [0.717, 1.165) is 30.8 Å². The summed E-state index contributed by atoms with van der Waals surface area (Å²) in [5, 5.41) is 7.18. The zero-order chi connectivity index (χ0) is 17.5. The molecule has 0 spiro atoms. The third-order valence-electron chi connectivity index (χ3n) is 3.92. The van der Waals surface area contributed by atoms with Crippen LogP contribution >= 0.6 is 0 Å². The number of ether oxygens (including phenoxy) is 1. The van der Waals surface area contributed by atoms with Gasteiger partial charge in [0.25, 0.3) is 0 Å². The molecular weight excluding hydrogens is 316 g/mol. The number of para-hydroxylation sites is 1. The molecule has 1 aromatic heterocycles. The van der Waals surface area contributed by atoms with E-state index in [1.54, 1.807) is 7.11 Å². The molecule has 6 nitrogen and oxygen atoms in total. The predicted octanol–water partition coefficient (Wildman–Crippen LogP) is 3.68. The van der Waals surface area contributed by atoms with Crippen molar-refractivity contribution >= 4 is 11.7 Å². The summed E-state index contributed by atoms with van der Waals surface area (Å²) in [5.41, 5.74) is 2.10. The Morgan fingerprint density at radius 3 is 2.56 bits per heavy atom. The Labute approximate surface area is 147 Å². The number of rotatable bonds is 8. The molecule has 0 unspecified atom stereocenters. The fourth-order valence-corrected chi connectivity index (χ4v) is 2.48. The molecule has 25 heavy (non-hydrogen) atoms. The standard InChI is InChI=1S/C19H22N4O2/c1-23(16-7-4-3-5-8-16)14-6-13-20-19-21-18(22-25-19)15-9-11-17(24-2)12-10-15/h3-5,7-12H,6,13-14H2,1-2H3,(H,20,21,22). The molecule has 1 N–H and O–H groups in total. The van der Waals surface area contributed by atoms with E-state index in [0.29, 0.717) is 11.8 Å². The van der Waals surface area contributed by atoms with Crippen LogP contribution in [0.15, 0.2) is 59.1 Å². The third kappa shape index (κ3) is 4.50. The molecule has 130 valence electrons. The van der Waals surface area contributed by atoms with E-state index in [9.17, 15) is 0 Å². The minimum atomic E-state index is 0.438. The lowest BCUT2D eigenvalue weighted by Gasteiger charge is -2.18. The number of anilines is 2. The predicted molar refractivity (Wildman–Crippen MR) is 99.1 cm³/mol. The van der Waals surface area contributed by atoms with Gasteiger partial charge in [0.1, 0.15) is 5.75 Å². The molecule has 0 saturated heterocycles. The Kier molecular flexibility index (Phi) is 5.51. The van der Waals surface area contributed by atoms with E-state index in [-0.39, 0.29) is 0 Å². The molecule has 0 fully saturated rings. The van der Waals surface area contributed by atoms with E-state index < -0.39 is 0 Å². The number of benzene rings is 2. The lowest BCUT2D eigenvalue weighted by Crippen LogP contribution is -2.20. The molecule has 0 saturated carbocycles. The first kappa shape index (κ1) is 16.8. The number of nitrogens with zero attached hydrogens (tertiary/aromatic N) is 3. The first-order valence-corrected chi connectivity index (χ1v) is 8.24. The molecule has 2 aromatic carbocycles. The van der Waals surface area contributed by atoms with Gasteiger partial charge in [0.05, 0.1) is 7.11 Å². The van der Waals surface area contributed by atoms with Crippen molar-refractivity contribution in [2.45, 2.75) is 6.42 Å². The van der Waals surface area contributed by atoms with Crippen molar-refractivity contribution in [1.82, 2.24) is 10.1 Å². The molecule has 0 bridgehead atoms. The molecule has 0 amide bonds. The number of hydrogen-bond acceptors (Lipinski definition) is 6. The van der Waals surface area contributed by atoms with Crippen molar-refractivity contribution in [2.24, 2.45) is 0 Å². The van der Waals surface area contributed by atoms with Gasteiger partial charge in [0.15, 0.2) is 0 Å². The van der Waals surface area contributed by atoms with Gasteiger partial charge in [0.2, 0.25) is 5.82 Å². The number of hydrogen-bond donors (Lipinski definition) is 1. The summed E-state index contributed by atoms with van der Waals surface area (Å²) in [4.78, 5) is 6.59. The Bertz CT molecular complexity index is 772. The van der Waals surface area contributed by atoms with Crippen LogP contribution in [0.25, 0.3) is 11.4 Å². The highest BCUT2D eigenvalue weighted by molar-refractivity contribution is 5.56. The van der Waals surface area contributed by atoms with Crippen molar-refractivity contribution in [3.63, 3.8) is 0 Å². The highest BCUT2D eigenvalue weighted by Gasteiger charge is 2.08. The van der Waals surface area contributed by atoms with Gasteiger partial charge in [-0.15, -0.1) is 0 Å². The zero-order valence-corrected chi connectivity index (χ0v) is 14.5. The lowest BCUT2D eigenvalue weighted by molar-refractivity contribution is 0.415. The minimum Gasteiger partial charge on any atom is -0.497 e. The average molecular weight is 338 g/mol. The summed E-state index contributed by atoms with van der Waals surface area (Å²) in [6.07, 6.45) is 0.964. The molecular formula is C19H22N4O2. The molecule has 3 aromatic rings. The molecule has 3 rings (SSSR count). The van der Waals surface area contributed by atoms with Crippen LogP contribution < -0.4 is 15.0 Å². The maximum atomic E-state index is 5.25. The monoisotopic (exact) mass is 338 g/mol. The largest absolute Gasteiger partial charge is 0.497 e. The van der Waals surface area contributed by atoms with Crippen LogP contribution in [-0.4, -0.2) is 37.4 Å².